The standard InChI is InChI=1S/C34H34F2N4O5S.ClH/c1-44-31(41)27-21-38-33(43)40(30(27)23-8-13-28(35)29(36)20-23)32(42)37-16-5-17-39-18-14-34(15-19-39,24-6-3-2-4-7-24)25-9-11-26(12-10-25)45-22-46;/h2-4,6-13,20-22,30H,5,14-19H2,1H3,(H,37,42)(H,38,43);1H. The Morgan fingerprint density at radius 1 is 1.02 bits per heavy atom. The van der Waals surface area contributed by atoms with Gasteiger partial charge >= 0.3 is 18.0 Å². The van der Waals surface area contributed by atoms with Crippen molar-refractivity contribution in [3.63, 3.8) is 0 Å². The molecule has 5 rings (SSSR count). The van der Waals surface area contributed by atoms with Crippen molar-refractivity contribution in [1.82, 2.24) is 20.4 Å². The Kier molecular flexibility index (Phi) is 12.0. The van der Waals surface area contributed by atoms with Gasteiger partial charge in [-0.2, -0.15) is 0 Å². The molecule has 2 aliphatic heterocycles. The smallest absolute Gasteiger partial charge is 0.337 e. The topological polar surface area (TPSA) is 100 Å². The Labute approximate surface area is 283 Å². The van der Waals surface area contributed by atoms with E-state index in [4.69, 9.17) is 21.7 Å². The molecule has 3 aromatic carbocycles. The summed E-state index contributed by atoms with van der Waals surface area (Å²) in [7, 11) is 1.14. The molecule has 2 N–H and O–H groups in total. The van der Waals surface area contributed by atoms with Gasteiger partial charge in [0.25, 0.3) is 0 Å². The number of ether oxygens (including phenoxy) is 2. The van der Waals surface area contributed by atoms with Crippen molar-refractivity contribution in [2.24, 2.45) is 0 Å². The van der Waals surface area contributed by atoms with E-state index in [2.05, 4.69) is 51.9 Å². The number of nitrogens with zero attached hydrogens (tertiary/aromatic N) is 2. The van der Waals surface area contributed by atoms with Crippen molar-refractivity contribution in [2.45, 2.75) is 30.7 Å². The van der Waals surface area contributed by atoms with Gasteiger partial charge in [-0.3, -0.25) is 0 Å². The van der Waals surface area contributed by atoms with Crippen LogP contribution in [0.25, 0.3) is 0 Å². The van der Waals surface area contributed by atoms with E-state index in [0.717, 1.165) is 56.3 Å². The summed E-state index contributed by atoms with van der Waals surface area (Å²) in [4.78, 5) is 41.7. The first-order valence-electron chi connectivity index (χ1n) is 14.9. The van der Waals surface area contributed by atoms with Crippen LogP contribution in [0.4, 0.5) is 18.4 Å². The van der Waals surface area contributed by atoms with E-state index >= 15 is 0 Å². The molecule has 0 aliphatic carbocycles. The molecule has 0 spiro atoms. The average Bonchev–Trinajstić information content (AvgIpc) is 3.08. The Morgan fingerprint density at radius 2 is 1.70 bits per heavy atom. The predicted octanol–water partition coefficient (Wildman–Crippen LogP) is 6.03. The molecule has 4 amide bonds. The lowest BCUT2D eigenvalue weighted by atomic mass is 9.68. The highest BCUT2D eigenvalue weighted by atomic mass is 35.5. The van der Waals surface area contributed by atoms with E-state index in [1.54, 1.807) is 0 Å². The fourth-order valence-corrected chi connectivity index (χ4v) is 6.32. The number of amides is 4. The zero-order valence-electron chi connectivity index (χ0n) is 25.6. The molecule has 3 aromatic rings. The number of rotatable bonds is 10. The number of carbonyl (C=O) groups is 3. The molecule has 248 valence electrons. The first-order valence-corrected chi connectivity index (χ1v) is 15.3. The number of halogens is 3. The Balaban J connectivity index is 0.00000500. The molecule has 0 radical (unpaired) electrons. The first kappa shape index (κ1) is 35.5. The number of hydrogen-bond acceptors (Lipinski definition) is 7. The number of imide groups is 1. The van der Waals surface area contributed by atoms with Crippen LogP contribution in [0.2, 0.25) is 0 Å². The van der Waals surface area contributed by atoms with Crippen molar-refractivity contribution in [1.29, 1.82) is 0 Å². The predicted molar refractivity (Wildman–Crippen MR) is 178 cm³/mol. The number of thiocarbonyl (C=S) groups is 1. The van der Waals surface area contributed by atoms with Crippen molar-refractivity contribution >= 4 is 48.2 Å². The highest BCUT2D eigenvalue weighted by Gasteiger charge is 2.40. The normalized spacial score (nSPS) is 17.4. The summed E-state index contributed by atoms with van der Waals surface area (Å²) in [6, 6.07) is 18.5. The molecule has 1 unspecified atom stereocenters. The third kappa shape index (κ3) is 7.78. The molecule has 9 nitrogen and oxygen atoms in total. The lowest BCUT2D eigenvalue weighted by Gasteiger charge is -2.43. The fourth-order valence-electron chi connectivity index (χ4n) is 6.20. The van der Waals surface area contributed by atoms with Gasteiger partial charge in [-0.25, -0.2) is 28.1 Å². The number of urea groups is 2. The van der Waals surface area contributed by atoms with Crippen molar-refractivity contribution in [2.75, 3.05) is 33.3 Å². The minimum atomic E-state index is -1.32. The first-order chi connectivity index (χ1) is 22.3. The molecular formula is C34H35ClF2N4O5S. The van der Waals surface area contributed by atoms with Crippen LogP contribution in [0.1, 0.15) is 42.0 Å². The van der Waals surface area contributed by atoms with Gasteiger partial charge in [0, 0.05) is 18.2 Å². The van der Waals surface area contributed by atoms with Crippen LogP contribution >= 0.6 is 24.6 Å². The largest absolute Gasteiger partial charge is 0.466 e. The minimum Gasteiger partial charge on any atom is -0.466 e. The van der Waals surface area contributed by atoms with Crippen molar-refractivity contribution < 1.29 is 32.6 Å². The molecule has 13 heteroatoms. The summed E-state index contributed by atoms with van der Waals surface area (Å²) in [6.45, 7) is 2.62. The quantitative estimate of drug-likeness (QED) is 0.153. The number of esters is 1. The maximum Gasteiger partial charge on any atom is 0.337 e. The van der Waals surface area contributed by atoms with Crippen LogP contribution in [0, 0.1) is 11.6 Å². The van der Waals surface area contributed by atoms with E-state index in [1.807, 2.05) is 18.2 Å². The van der Waals surface area contributed by atoms with Crippen LogP contribution in [0.3, 0.4) is 0 Å². The van der Waals surface area contributed by atoms with Gasteiger partial charge < -0.3 is 25.0 Å². The second kappa shape index (κ2) is 15.9. The number of benzene rings is 3. The molecule has 2 heterocycles. The number of likely N-dealkylation sites (tertiary alicyclic amines) is 1. The summed E-state index contributed by atoms with van der Waals surface area (Å²) in [6.07, 6.45) is 3.49. The minimum absolute atomic E-state index is 0. The van der Waals surface area contributed by atoms with E-state index < -0.39 is 35.7 Å². The van der Waals surface area contributed by atoms with Crippen LogP contribution < -0.4 is 15.4 Å². The molecule has 47 heavy (non-hydrogen) atoms. The zero-order valence-corrected chi connectivity index (χ0v) is 27.3. The zero-order chi connectivity index (χ0) is 32.7. The molecule has 1 atom stereocenters. The summed E-state index contributed by atoms with van der Waals surface area (Å²) in [5, 5.41) is 5.10. The summed E-state index contributed by atoms with van der Waals surface area (Å²) in [5.74, 6) is -2.42. The Morgan fingerprint density at radius 3 is 2.34 bits per heavy atom. The molecule has 1 saturated heterocycles. The summed E-state index contributed by atoms with van der Waals surface area (Å²) < 4.78 is 38.0. The SMILES string of the molecule is COC(=O)C1=CNC(=O)N(C(=O)NCCCN2CCC(c3ccccc3)(c3ccc(OC=S)cc3)CC2)C1c1ccc(F)c(F)c1.Cl. The highest BCUT2D eigenvalue weighted by molar-refractivity contribution is 7.78. The maximum absolute atomic E-state index is 14.1. The van der Waals surface area contributed by atoms with Gasteiger partial charge in [0.05, 0.1) is 12.7 Å². The second-order valence-corrected chi connectivity index (χ2v) is 11.3. The molecule has 0 saturated carbocycles. The Bertz CT molecular complexity index is 1620. The van der Waals surface area contributed by atoms with Crippen LogP contribution in [-0.4, -0.2) is 66.7 Å². The Hall–Kier alpha value is -4.39. The fraction of sp³-hybridized carbons (Fsp3) is 0.294. The van der Waals surface area contributed by atoms with Crippen molar-refractivity contribution in [3.8, 4) is 5.75 Å². The second-order valence-electron chi connectivity index (χ2n) is 11.1. The van der Waals surface area contributed by atoms with Gasteiger partial charge in [-0.15, -0.1) is 12.4 Å². The molecule has 0 bridgehead atoms. The maximum atomic E-state index is 14.1. The van der Waals surface area contributed by atoms with Crippen LogP contribution in [0.5, 0.6) is 5.75 Å². The molecule has 0 aromatic heterocycles. The average molecular weight is 685 g/mol. The number of carbonyl (C=O) groups excluding carboxylic acids is 3. The van der Waals surface area contributed by atoms with Gasteiger partial charge in [0.1, 0.15) is 11.8 Å². The number of methoxy groups -OCH3 is 1. The molecule has 1 fully saturated rings. The summed E-state index contributed by atoms with van der Waals surface area (Å²) in [5.41, 5.74) is 3.46. The van der Waals surface area contributed by atoms with E-state index in [-0.39, 0.29) is 35.5 Å². The van der Waals surface area contributed by atoms with Gasteiger partial charge in [-0.05, 0) is 92.1 Å². The molecular weight excluding hydrogens is 650 g/mol. The number of nitrogens with one attached hydrogen (secondary N) is 2. The van der Waals surface area contributed by atoms with Crippen LogP contribution in [-0.2, 0) is 14.9 Å². The molecule has 2 aliphatic rings. The van der Waals surface area contributed by atoms with E-state index in [9.17, 15) is 23.2 Å². The van der Waals surface area contributed by atoms with Gasteiger partial charge in [-0.1, -0.05) is 48.5 Å². The third-order valence-electron chi connectivity index (χ3n) is 8.58. The third-order valence-corrected chi connectivity index (χ3v) is 8.67. The number of piperidine rings is 1. The van der Waals surface area contributed by atoms with Crippen LogP contribution in [0.15, 0.2) is 84.6 Å². The monoisotopic (exact) mass is 684 g/mol. The summed E-state index contributed by atoms with van der Waals surface area (Å²) >= 11 is 4.81. The van der Waals surface area contributed by atoms with E-state index in [1.165, 1.54) is 22.7 Å². The van der Waals surface area contributed by atoms with Gasteiger partial charge in [0.2, 0.25) is 0 Å². The lowest BCUT2D eigenvalue weighted by molar-refractivity contribution is -0.136. The lowest BCUT2D eigenvalue weighted by Crippen LogP contribution is -2.53. The van der Waals surface area contributed by atoms with Crippen molar-refractivity contribution in [3.05, 3.63) is 113 Å². The highest BCUT2D eigenvalue weighted by Crippen LogP contribution is 2.42. The number of hydrogen-bond donors (Lipinski definition) is 2. The van der Waals surface area contributed by atoms with E-state index in [0.29, 0.717) is 18.7 Å². The van der Waals surface area contributed by atoms with Gasteiger partial charge in [0.15, 0.2) is 17.2 Å².